The van der Waals surface area contributed by atoms with E-state index >= 15 is 0 Å². The van der Waals surface area contributed by atoms with Crippen molar-refractivity contribution in [3.8, 4) is 11.1 Å². The van der Waals surface area contributed by atoms with Crippen LogP contribution in [-0.2, 0) is 0 Å². The van der Waals surface area contributed by atoms with Gasteiger partial charge in [0.1, 0.15) is 23.0 Å². The van der Waals surface area contributed by atoms with Gasteiger partial charge in [0.05, 0.1) is 0 Å². The largest absolute Gasteiger partial charge is 0.477 e. The molecule has 1 aromatic carbocycles. The predicted octanol–water partition coefficient (Wildman–Crippen LogP) is 3.07. The molecule has 0 radical (unpaired) electrons. The van der Waals surface area contributed by atoms with E-state index in [1.165, 1.54) is 12.3 Å². The Hall–Kier alpha value is -2.02. The second-order valence-corrected chi connectivity index (χ2v) is 4.62. The van der Waals surface area contributed by atoms with Gasteiger partial charge in [0.15, 0.2) is 0 Å². The summed E-state index contributed by atoms with van der Waals surface area (Å²) in [5.74, 6) is -3.91. The van der Waals surface area contributed by atoms with E-state index in [9.17, 15) is 13.6 Å². The van der Waals surface area contributed by atoms with Gasteiger partial charge in [0.2, 0.25) is 0 Å². The molecule has 1 heterocycles. The molecule has 19 heavy (non-hydrogen) atoms. The van der Waals surface area contributed by atoms with E-state index in [2.05, 4.69) is 20.9 Å². The number of rotatable bonds is 2. The van der Waals surface area contributed by atoms with Gasteiger partial charge in [0.25, 0.3) is 0 Å². The van der Waals surface area contributed by atoms with Crippen molar-refractivity contribution in [3.05, 3.63) is 46.1 Å². The number of hydrogen-bond acceptors (Lipinski definition) is 3. The van der Waals surface area contributed by atoms with Crippen LogP contribution in [0, 0.1) is 11.6 Å². The maximum atomic E-state index is 13.6. The summed E-state index contributed by atoms with van der Waals surface area (Å²) < 4.78 is 27.8. The lowest BCUT2D eigenvalue weighted by molar-refractivity contribution is 0.0686. The monoisotopic (exact) mass is 328 g/mol. The molecule has 0 saturated carbocycles. The van der Waals surface area contributed by atoms with E-state index in [0.29, 0.717) is 10.0 Å². The number of carbonyl (C=O) groups is 1. The first-order valence-electron chi connectivity index (χ1n) is 5.04. The van der Waals surface area contributed by atoms with Crippen LogP contribution in [0.15, 0.2) is 28.9 Å². The third-order valence-corrected chi connectivity index (χ3v) is 2.89. The standard InChI is InChI=1S/C12H7BrF2N2O2/c13-6-3-7(11(16)17-4-6)5-1-8(14)10(12(18)19)9(15)2-5/h1-4H,(H2,16,17)(H,18,19). The fourth-order valence-electron chi connectivity index (χ4n) is 1.61. The zero-order valence-corrected chi connectivity index (χ0v) is 10.9. The average Bonchev–Trinajstić information content (AvgIpc) is 2.30. The minimum atomic E-state index is -1.66. The molecule has 0 aliphatic rings. The van der Waals surface area contributed by atoms with E-state index < -0.39 is 23.2 Å². The van der Waals surface area contributed by atoms with Crippen LogP contribution in [0.1, 0.15) is 10.4 Å². The fraction of sp³-hybridized carbons (Fsp3) is 0. The van der Waals surface area contributed by atoms with Gasteiger partial charge in [-0.05, 0) is 39.7 Å². The van der Waals surface area contributed by atoms with Crippen molar-refractivity contribution in [1.29, 1.82) is 0 Å². The van der Waals surface area contributed by atoms with E-state index in [1.54, 1.807) is 0 Å². The third kappa shape index (κ3) is 2.55. The number of halogens is 3. The van der Waals surface area contributed by atoms with Crippen LogP contribution in [0.4, 0.5) is 14.6 Å². The number of benzene rings is 1. The number of aromatic carboxylic acids is 1. The zero-order chi connectivity index (χ0) is 14.2. The number of nitrogens with two attached hydrogens (primary N) is 1. The van der Waals surface area contributed by atoms with Crippen LogP contribution in [0.3, 0.4) is 0 Å². The summed E-state index contributed by atoms with van der Waals surface area (Å²) in [6.45, 7) is 0. The highest BCUT2D eigenvalue weighted by Crippen LogP contribution is 2.29. The second kappa shape index (κ2) is 4.93. The lowest BCUT2D eigenvalue weighted by atomic mass is 10.0. The van der Waals surface area contributed by atoms with Crippen molar-refractivity contribution in [2.45, 2.75) is 0 Å². The van der Waals surface area contributed by atoms with Crippen molar-refractivity contribution in [2.24, 2.45) is 0 Å². The molecule has 0 bridgehead atoms. The molecule has 0 aliphatic carbocycles. The van der Waals surface area contributed by atoms with Crippen molar-refractivity contribution in [1.82, 2.24) is 4.98 Å². The molecule has 3 N–H and O–H groups in total. The quantitative estimate of drug-likeness (QED) is 0.888. The van der Waals surface area contributed by atoms with Gasteiger partial charge >= 0.3 is 5.97 Å². The van der Waals surface area contributed by atoms with E-state index in [0.717, 1.165) is 12.1 Å². The molecule has 0 atom stereocenters. The SMILES string of the molecule is Nc1ncc(Br)cc1-c1cc(F)c(C(=O)O)c(F)c1. The Kier molecular flexibility index (Phi) is 3.48. The number of carboxylic acid groups (broad SMARTS) is 1. The fourth-order valence-corrected chi connectivity index (χ4v) is 1.95. The molecule has 2 rings (SSSR count). The summed E-state index contributed by atoms with van der Waals surface area (Å²) >= 11 is 3.17. The van der Waals surface area contributed by atoms with Gasteiger partial charge in [-0.3, -0.25) is 0 Å². The van der Waals surface area contributed by atoms with Crippen LogP contribution in [0.2, 0.25) is 0 Å². The van der Waals surface area contributed by atoms with E-state index in [4.69, 9.17) is 10.8 Å². The number of pyridine rings is 1. The molecular formula is C12H7BrF2N2O2. The van der Waals surface area contributed by atoms with Crippen molar-refractivity contribution < 1.29 is 18.7 Å². The average molecular weight is 329 g/mol. The summed E-state index contributed by atoms with van der Waals surface area (Å²) in [5.41, 5.74) is 5.06. The Bertz CT molecular complexity index is 654. The summed E-state index contributed by atoms with van der Waals surface area (Å²) in [6, 6.07) is 3.36. The summed E-state index contributed by atoms with van der Waals surface area (Å²) in [4.78, 5) is 14.5. The first-order valence-corrected chi connectivity index (χ1v) is 5.83. The van der Waals surface area contributed by atoms with Crippen LogP contribution in [-0.4, -0.2) is 16.1 Å². The van der Waals surface area contributed by atoms with Crippen LogP contribution >= 0.6 is 15.9 Å². The Morgan fingerprint density at radius 2 is 1.84 bits per heavy atom. The zero-order valence-electron chi connectivity index (χ0n) is 9.32. The molecule has 0 spiro atoms. The normalized spacial score (nSPS) is 10.5. The van der Waals surface area contributed by atoms with Crippen LogP contribution in [0.5, 0.6) is 0 Å². The maximum Gasteiger partial charge on any atom is 0.341 e. The molecule has 7 heteroatoms. The van der Waals surface area contributed by atoms with Crippen LogP contribution in [0.25, 0.3) is 11.1 Å². The van der Waals surface area contributed by atoms with Gasteiger partial charge in [-0.1, -0.05) is 0 Å². The molecule has 2 aromatic rings. The molecule has 0 unspecified atom stereocenters. The number of hydrogen-bond donors (Lipinski definition) is 2. The Labute approximate surface area is 115 Å². The smallest absolute Gasteiger partial charge is 0.341 e. The van der Waals surface area contributed by atoms with Gasteiger partial charge in [-0.25, -0.2) is 18.6 Å². The lowest BCUT2D eigenvalue weighted by Gasteiger charge is -2.08. The topological polar surface area (TPSA) is 76.2 Å². The molecule has 0 saturated heterocycles. The van der Waals surface area contributed by atoms with Gasteiger partial charge in [-0.2, -0.15) is 0 Å². The summed E-state index contributed by atoms with van der Waals surface area (Å²) in [5, 5.41) is 8.68. The number of nitrogens with zero attached hydrogens (tertiary/aromatic N) is 1. The molecule has 1 aromatic heterocycles. The molecular weight excluding hydrogens is 322 g/mol. The number of aromatic nitrogens is 1. The van der Waals surface area contributed by atoms with E-state index in [-0.39, 0.29) is 11.4 Å². The highest BCUT2D eigenvalue weighted by Gasteiger charge is 2.19. The predicted molar refractivity (Wildman–Crippen MR) is 68.7 cm³/mol. The second-order valence-electron chi connectivity index (χ2n) is 3.71. The minimum Gasteiger partial charge on any atom is -0.477 e. The number of carboxylic acids is 1. The third-order valence-electron chi connectivity index (χ3n) is 2.45. The van der Waals surface area contributed by atoms with Gasteiger partial charge < -0.3 is 10.8 Å². The molecule has 0 fully saturated rings. The molecule has 98 valence electrons. The number of anilines is 1. The van der Waals surface area contributed by atoms with E-state index in [1.807, 2.05) is 0 Å². The summed E-state index contributed by atoms with van der Waals surface area (Å²) in [7, 11) is 0. The van der Waals surface area contributed by atoms with Crippen LogP contribution < -0.4 is 5.73 Å². The Morgan fingerprint density at radius 3 is 2.37 bits per heavy atom. The molecule has 0 amide bonds. The minimum absolute atomic E-state index is 0.0880. The lowest BCUT2D eigenvalue weighted by Crippen LogP contribution is -2.05. The molecule has 0 aliphatic heterocycles. The van der Waals surface area contributed by atoms with Gasteiger partial charge in [0, 0.05) is 16.2 Å². The Morgan fingerprint density at radius 1 is 1.26 bits per heavy atom. The number of nitrogen functional groups attached to an aromatic ring is 1. The highest BCUT2D eigenvalue weighted by atomic mass is 79.9. The highest BCUT2D eigenvalue weighted by molar-refractivity contribution is 9.10. The Balaban J connectivity index is 2.65. The van der Waals surface area contributed by atoms with Crippen molar-refractivity contribution in [3.63, 3.8) is 0 Å². The maximum absolute atomic E-state index is 13.6. The summed E-state index contributed by atoms with van der Waals surface area (Å²) in [6.07, 6.45) is 1.44. The van der Waals surface area contributed by atoms with Crippen molar-refractivity contribution >= 4 is 27.7 Å². The first kappa shape index (κ1) is 13.4. The van der Waals surface area contributed by atoms with Gasteiger partial charge in [-0.15, -0.1) is 0 Å². The molecule has 4 nitrogen and oxygen atoms in total. The van der Waals surface area contributed by atoms with Crippen molar-refractivity contribution in [2.75, 3.05) is 5.73 Å². The first-order chi connectivity index (χ1) is 8.90.